The first kappa shape index (κ1) is 24.2. The number of sulfonamides is 1. The van der Waals surface area contributed by atoms with Crippen LogP contribution < -0.4 is 5.32 Å². The molecule has 0 spiro atoms. The van der Waals surface area contributed by atoms with Gasteiger partial charge >= 0.3 is 0 Å². The number of fused-ring (bicyclic) bond motifs is 1. The van der Waals surface area contributed by atoms with E-state index in [-0.39, 0.29) is 34.2 Å². The molecule has 3 aromatic rings. The van der Waals surface area contributed by atoms with Crippen LogP contribution in [-0.2, 0) is 26.2 Å². The van der Waals surface area contributed by atoms with Crippen molar-refractivity contribution >= 4 is 56.0 Å². The molecule has 0 bridgehead atoms. The first-order valence-corrected chi connectivity index (χ1v) is 13.0. The molecule has 3 rings (SSSR count). The molecule has 2 aromatic heterocycles. The van der Waals surface area contributed by atoms with Crippen molar-refractivity contribution in [3.63, 3.8) is 0 Å². The van der Waals surface area contributed by atoms with Gasteiger partial charge in [0.25, 0.3) is 5.22 Å². The summed E-state index contributed by atoms with van der Waals surface area (Å²) in [6, 6.07) is 8.29. The summed E-state index contributed by atoms with van der Waals surface area (Å²) in [6.45, 7) is 2.61. The van der Waals surface area contributed by atoms with Gasteiger partial charge in [0.1, 0.15) is 5.52 Å². The lowest BCUT2D eigenvalue weighted by atomic mass is 10.3. The number of likely N-dealkylation sites (N-methyl/N-ethyl adjacent to an activating group) is 1. The summed E-state index contributed by atoms with van der Waals surface area (Å²) in [5.41, 5.74) is 0.820. The standard InChI is InChI=1S/C20H24N4O5S3/c1-4-24(12-18(25)21-11-14-6-5-9-30-14)19(26)13-31-20-22-16-10-15(7-8-17(16)29-20)32(27,28)23(2)3/h5-10H,4,11-13H2,1-3H3,(H,21,25). The van der Waals surface area contributed by atoms with Crippen LogP contribution in [-0.4, -0.2) is 67.4 Å². The topological polar surface area (TPSA) is 113 Å². The molecule has 1 aromatic carbocycles. The van der Waals surface area contributed by atoms with Gasteiger partial charge in [-0.25, -0.2) is 17.7 Å². The number of rotatable bonds is 10. The van der Waals surface area contributed by atoms with Crippen molar-refractivity contribution in [2.45, 2.75) is 23.6 Å². The van der Waals surface area contributed by atoms with Gasteiger partial charge in [-0.2, -0.15) is 0 Å². The van der Waals surface area contributed by atoms with Crippen LogP contribution in [0, 0.1) is 0 Å². The van der Waals surface area contributed by atoms with E-state index in [0.29, 0.717) is 24.2 Å². The molecule has 9 nitrogen and oxygen atoms in total. The minimum absolute atomic E-state index is 0.0272. The molecule has 1 N–H and O–H groups in total. The number of benzene rings is 1. The summed E-state index contributed by atoms with van der Waals surface area (Å²) < 4.78 is 31.3. The molecule has 0 saturated heterocycles. The SMILES string of the molecule is CCN(CC(=O)NCc1cccs1)C(=O)CSc1nc2cc(S(=O)(=O)N(C)C)ccc2o1. The number of oxazole rings is 1. The minimum atomic E-state index is -3.58. The van der Waals surface area contributed by atoms with Crippen molar-refractivity contribution < 1.29 is 22.4 Å². The number of nitrogens with one attached hydrogen (secondary N) is 1. The number of carbonyl (C=O) groups excluding carboxylic acids is 2. The van der Waals surface area contributed by atoms with E-state index in [1.54, 1.807) is 24.3 Å². The third kappa shape index (κ3) is 5.88. The molecule has 0 aliphatic carbocycles. The van der Waals surface area contributed by atoms with E-state index in [1.165, 1.54) is 31.1 Å². The maximum absolute atomic E-state index is 12.6. The second-order valence-corrected chi connectivity index (χ2v) is 11.1. The Morgan fingerprint density at radius 1 is 1.25 bits per heavy atom. The van der Waals surface area contributed by atoms with Gasteiger partial charge in [-0.1, -0.05) is 17.8 Å². The van der Waals surface area contributed by atoms with Crippen LogP contribution >= 0.6 is 23.1 Å². The summed E-state index contributed by atoms with van der Waals surface area (Å²) >= 11 is 2.65. The number of amides is 2. The highest BCUT2D eigenvalue weighted by atomic mass is 32.2. The number of carbonyl (C=O) groups is 2. The molecule has 0 aliphatic heterocycles. The average Bonchev–Trinajstić information content (AvgIpc) is 3.42. The summed E-state index contributed by atoms with van der Waals surface area (Å²) in [7, 11) is -0.672. The van der Waals surface area contributed by atoms with Crippen LogP contribution in [0.15, 0.2) is 50.2 Å². The van der Waals surface area contributed by atoms with Crippen LogP contribution in [0.4, 0.5) is 0 Å². The quantitative estimate of drug-likeness (QED) is 0.429. The van der Waals surface area contributed by atoms with E-state index in [2.05, 4.69) is 10.3 Å². The Labute approximate surface area is 194 Å². The molecule has 2 amide bonds. The fourth-order valence-corrected chi connectivity index (χ4v) is 5.05. The monoisotopic (exact) mass is 496 g/mol. The maximum Gasteiger partial charge on any atom is 0.257 e. The third-order valence-corrected chi connectivity index (χ3v) is 8.05. The van der Waals surface area contributed by atoms with Gasteiger partial charge in [0.05, 0.1) is 23.7 Å². The van der Waals surface area contributed by atoms with Crippen LogP contribution in [0.3, 0.4) is 0 Å². The number of nitrogens with zero attached hydrogens (tertiary/aromatic N) is 3. The molecular formula is C20H24N4O5S3. The Bertz CT molecular complexity index is 1190. The summed E-state index contributed by atoms with van der Waals surface area (Å²) in [5, 5.41) is 5.00. The van der Waals surface area contributed by atoms with Gasteiger partial charge < -0.3 is 14.6 Å². The molecule has 12 heteroatoms. The van der Waals surface area contributed by atoms with Crippen molar-refractivity contribution in [3.8, 4) is 0 Å². The van der Waals surface area contributed by atoms with Crippen LogP contribution in [0.1, 0.15) is 11.8 Å². The molecule has 0 atom stereocenters. The first-order valence-electron chi connectivity index (χ1n) is 9.73. The second kappa shape index (κ2) is 10.5. The van der Waals surface area contributed by atoms with Gasteiger partial charge in [-0.3, -0.25) is 9.59 Å². The maximum atomic E-state index is 12.6. The van der Waals surface area contributed by atoms with Crippen molar-refractivity contribution in [1.82, 2.24) is 19.5 Å². The van der Waals surface area contributed by atoms with Crippen LogP contribution in [0.2, 0.25) is 0 Å². The zero-order valence-corrected chi connectivity index (χ0v) is 20.3. The Morgan fingerprint density at radius 3 is 2.69 bits per heavy atom. The van der Waals surface area contributed by atoms with Gasteiger partial charge in [-0.05, 0) is 36.6 Å². The predicted molar refractivity (Wildman–Crippen MR) is 124 cm³/mol. The molecule has 0 aliphatic rings. The van der Waals surface area contributed by atoms with E-state index in [0.717, 1.165) is 20.9 Å². The Balaban J connectivity index is 1.58. The van der Waals surface area contributed by atoms with E-state index in [1.807, 2.05) is 17.5 Å². The summed E-state index contributed by atoms with van der Waals surface area (Å²) in [5.74, 6) is -0.404. The van der Waals surface area contributed by atoms with E-state index in [4.69, 9.17) is 4.42 Å². The normalized spacial score (nSPS) is 11.8. The minimum Gasteiger partial charge on any atom is -0.431 e. The summed E-state index contributed by atoms with van der Waals surface area (Å²) in [4.78, 5) is 31.6. The molecular weight excluding hydrogens is 472 g/mol. The van der Waals surface area contributed by atoms with Crippen molar-refractivity contribution in [1.29, 1.82) is 0 Å². The molecule has 0 radical (unpaired) electrons. The molecule has 0 fully saturated rings. The van der Waals surface area contributed by atoms with Crippen molar-refractivity contribution in [2.75, 3.05) is 32.9 Å². The number of aromatic nitrogens is 1. The molecule has 32 heavy (non-hydrogen) atoms. The zero-order valence-electron chi connectivity index (χ0n) is 17.9. The number of hydrogen-bond donors (Lipinski definition) is 1. The van der Waals surface area contributed by atoms with Crippen molar-refractivity contribution in [2.24, 2.45) is 0 Å². The first-order chi connectivity index (χ1) is 15.2. The third-order valence-electron chi connectivity index (χ3n) is 4.55. The van der Waals surface area contributed by atoms with Crippen LogP contribution in [0.25, 0.3) is 11.1 Å². The molecule has 0 saturated carbocycles. The smallest absolute Gasteiger partial charge is 0.257 e. The van der Waals surface area contributed by atoms with E-state index >= 15 is 0 Å². The van der Waals surface area contributed by atoms with Crippen LogP contribution in [0.5, 0.6) is 0 Å². The Morgan fingerprint density at radius 2 is 2.03 bits per heavy atom. The predicted octanol–water partition coefficient (Wildman–Crippen LogP) is 2.40. The van der Waals surface area contributed by atoms with Crippen molar-refractivity contribution in [3.05, 3.63) is 40.6 Å². The lowest BCUT2D eigenvalue weighted by molar-refractivity contribution is -0.133. The average molecular weight is 497 g/mol. The van der Waals surface area contributed by atoms with Gasteiger partial charge in [-0.15, -0.1) is 11.3 Å². The molecule has 172 valence electrons. The highest BCUT2D eigenvalue weighted by Gasteiger charge is 2.20. The lowest BCUT2D eigenvalue weighted by Crippen LogP contribution is -2.41. The van der Waals surface area contributed by atoms with Gasteiger partial charge in [0, 0.05) is 25.5 Å². The highest BCUT2D eigenvalue weighted by Crippen LogP contribution is 2.26. The Hall–Kier alpha value is -2.41. The second-order valence-electron chi connectivity index (χ2n) is 6.95. The number of thioether (sulfide) groups is 1. The van der Waals surface area contributed by atoms with Gasteiger partial charge in [0.15, 0.2) is 5.58 Å². The lowest BCUT2D eigenvalue weighted by Gasteiger charge is -2.19. The number of hydrogen-bond acceptors (Lipinski definition) is 8. The summed E-state index contributed by atoms with van der Waals surface area (Å²) in [6.07, 6.45) is 0. The fraction of sp³-hybridized carbons (Fsp3) is 0.350. The molecule has 0 unspecified atom stereocenters. The highest BCUT2D eigenvalue weighted by molar-refractivity contribution is 7.99. The number of thiophene rings is 1. The van der Waals surface area contributed by atoms with E-state index < -0.39 is 10.0 Å². The van der Waals surface area contributed by atoms with Gasteiger partial charge in [0.2, 0.25) is 21.8 Å². The largest absolute Gasteiger partial charge is 0.431 e. The Kier molecular flexibility index (Phi) is 7.93. The zero-order chi connectivity index (χ0) is 23.3. The molecule has 2 heterocycles. The van der Waals surface area contributed by atoms with E-state index in [9.17, 15) is 18.0 Å². The fourth-order valence-electron chi connectivity index (χ4n) is 2.74.